The first kappa shape index (κ1) is 19.7. The number of ether oxygens (including phenoxy) is 1. The van der Waals surface area contributed by atoms with Crippen molar-refractivity contribution in [2.45, 2.75) is 19.4 Å². The van der Waals surface area contributed by atoms with Gasteiger partial charge < -0.3 is 20.7 Å². The molecule has 1 aromatic carbocycles. The molecule has 1 heterocycles. The Bertz CT molecular complexity index is 549. The van der Waals surface area contributed by atoms with Gasteiger partial charge in [-0.05, 0) is 24.6 Å². The number of amides is 2. The lowest BCUT2D eigenvalue weighted by Crippen LogP contribution is -2.45. The molecule has 1 fully saturated rings. The van der Waals surface area contributed by atoms with Crippen molar-refractivity contribution in [1.82, 2.24) is 10.6 Å². The summed E-state index contributed by atoms with van der Waals surface area (Å²) in [5.74, 6) is -0.532. The standard InChI is InChI=1S/C15H20ClN3O3.ClH/c1-2-5-18-14(20)11-4-3-10(16)8-12(11)19-15(21)13-9-17-6-7-22-13;/h3-4,8,13,17H,2,5-7,9H2,1H3,(H,18,20)(H,19,21);1H. The van der Waals surface area contributed by atoms with Crippen molar-refractivity contribution in [3.05, 3.63) is 28.8 Å². The van der Waals surface area contributed by atoms with Crippen molar-refractivity contribution < 1.29 is 14.3 Å². The van der Waals surface area contributed by atoms with E-state index in [4.69, 9.17) is 16.3 Å². The van der Waals surface area contributed by atoms with Gasteiger partial charge in [-0.25, -0.2) is 0 Å². The summed E-state index contributed by atoms with van der Waals surface area (Å²) >= 11 is 5.97. The van der Waals surface area contributed by atoms with Crippen LogP contribution in [0.25, 0.3) is 0 Å². The highest BCUT2D eigenvalue weighted by molar-refractivity contribution is 6.31. The van der Waals surface area contributed by atoms with Crippen molar-refractivity contribution in [2.75, 3.05) is 31.6 Å². The van der Waals surface area contributed by atoms with Crippen LogP contribution in [0.3, 0.4) is 0 Å². The van der Waals surface area contributed by atoms with Crippen LogP contribution in [0, 0.1) is 0 Å². The first-order valence-corrected chi connectivity index (χ1v) is 7.70. The largest absolute Gasteiger partial charge is 0.366 e. The number of rotatable bonds is 5. The molecule has 8 heteroatoms. The maximum atomic E-state index is 12.2. The van der Waals surface area contributed by atoms with Crippen LogP contribution in [-0.2, 0) is 9.53 Å². The molecule has 23 heavy (non-hydrogen) atoms. The Labute approximate surface area is 146 Å². The van der Waals surface area contributed by atoms with Crippen molar-refractivity contribution in [3.8, 4) is 0 Å². The summed E-state index contributed by atoms with van der Waals surface area (Å²) in [4.78, 5) is 24.4. The molecule has 0 radical (unpaired) electrons. The zero-order valence-electron chi connectivity index (χ0n) is 12.9. The van der Waals surface area contributed by atoms with Gasteiger partial charge in [-0.1, -0.05) is 18.5 Å². The summed E-state index contributed by atoms with van der Waals surface area (Å²) in [6, 6.07) is 4.79. The molecule has 3 N–H and O–H groups in total. The molecular weight excluding hydrogens is 341 g/mol. The number of hydrogen-bond donors (Lipinski definition) is 3. The molecule has 2 amide bonds. The van der Waals surface area contributed by atoms with Gasteiger partial charge in [0.25, 0.3) is 11.8 Å². The molecule has 0 bridgehead atoms. The quantitative estimate of drug-likeness (QED) is 0.747. The third-order valence-electron chi connectivity index (χ3n) is 3.24. The van der Waals surface area contributed by atoms with E-state index in [1.165, 1.54) is 0 Å². The lowest BCUT2D eigenvalue weighted by atomic mass is 10.1. The number of morpholine rings is 1. The predicted molar refractivity (Wildman–Crippen MR) is 92.6 cm³/mol. The molecule has 0 saturated carbocycles. The Morgan fingerprint density at radius 1 is 1.43 bits per heavy atom. The van der Waals surface area contributed by atoms with Crippen LogP contribution in [0.1, 0.15) is 23.7 Å². The fourth-order valence-corrected chi connectivity index (χ4v) is 2.27. The molecule has 6 nitrogen and oxygen atoms in total. The lowest BCUT2D eigenvalue weighted by molar-refractivity contribution is -0.128. The Kier molecular flexibility index (Phi) is 8.33. The van der Waals surface area contributed by atoms with Gasteiger partial charge in [-0.2, -0.15) is 0 Å². The molecule has 1 saturated heterocycles. The van der Waals surface area contributed by atoms with Gasteiger partial charge >= 0.3 is 0 Å². The predicted octanol–water partition coefficient (Wildman–Crippen LogP) is 1.83. The molecule has 1 aliphatic heterocycles. The summed E-state index contributed by atoms with van der Waals surface area (Å²) in [6.45, 7) is 4.20. The summed E-state index contributed by atoms with van der Waals surface area (Å²) < 4.78 is 5.40. The lowest BCUT2D eigenvalue weighted by Gasteiger charge is -2.23. The fourth-order valence-electron chi connectivity index (χ4n) is 2.10. The number of carbonyl (C=O) groups excluding carboxylic acids is 2. The maximum Gasteiger partial charge on any atom is 0.254 e. The topological polar surface area (TPSA) is 79.5 Å². The van der Waals surface area contributed by atoms with E-state index in [2.05, 4.69) is 16.0 Å². The van der Waals surface area contributed by atoms with Crippen molar-refractivity contribution >= 4 is 41.5 Å². The van der Waals surface area contributed by atoms with Crippen molar-refractivity contribution in [1.29, 1.82) is 0 Å². The second-order valence-corrected chi connectivity index (χ2v) is 5.44. The van der Waals surface area contributed by atoms with E-state index in [-0.39, 0.29) is 24.2 Å². The SMILES string of the molecule is CCCNC(=O)c1ccc(Cl)cc1NC(=O)C1CNCCO1.Cl. The van der Waals surface area contributed by atoms with Crippen LogP contribution in [0.5, 0.6) is 0 Å². The van der Waals surface area contributed by atoms with Crippen LogP contribution in [0.4, 0.5) is 5.69 Å². The monoisotopic (exact) mass is 361 g/mol. The molecule has 128 valence electrons. The van der Waals surface area contributed by atoms with E-state index >= 15 is 0 Å². The van der Waals surface area contributed by atoms with Crippen LogP contribution in [0.15, 0.2) is 18.2 Å². The van der Waals surface area contributed by atoms with Gasteiger partial charge in [0.1, 0.15) is 6.10 Å². The summed E-state index contributed by atoms with van der Waals surface area (Å²) in [5, 5.41) is 9.05. The third kappa shape index (κ3) is 5.66. The summed E-state index contributed by atoms with van der Waals surface area (Å²) in [5.41, 5.74) is 0.773. The molecule has 2 rings (SSSR count). The van der Waals surface area contributed by atoms with E-state index < -0.39 is 6.10 Å². The van der Waals surface area contributed by atoms with Gasteiger partial charge in [-0.3, -0.25) is 9.59 Å². The Hall–Kier alpha value is -1.34. The normalized spacial score (nSPS) is 17.0. The molecule has 0 aliphatic carbocycles. The van der Waals surface area contributed by atoms with Crippen molar-refractivity contribution in [3.63, 3.8) is 0 Å². The van der Waals surface area contributed by atoms with Gasteiger partial charge in [0, 0.05) is 24.7 Å². The minimum atomic E-state index is -0.570. The maximum absolute atomic E-state index is 12.2. The highest BCUT2D eigenvalue weighted by atomic mass is 35.5. The van der Waals surface area contributed by atoms with Gasteiger partial charge in [-0.15, -0.1) is 12.4 Å². The minimum Gasteiger partial charge on any atom is -0.366 e. The van der Waals surface area contributed by atoms with E-state index in [0.717, 1.165) is 13.0 Å². The second kappa shape index (κ2) is 9.72. The van der Waals surface area contributed by atoms with Crippen LogP contribution < -0.4 is 16.0 Å². The van der Waals surface area contributed by atoms with E-state index in [0.29, 0.717) is 36.0 Å². The number of nitrogens with one attached hydrogen (secondary N) is 3. The molecular formula is C15H21Cl2N3O3. The Balaban J connectivity index is 0.00000264. The van der Waals surface area contributed by atoms with Gasteiger partial charge in [0.15, 0.2) is 0 Å². The number of anilines is 1. The van der Waals surface area contributed by atoms with Gasteiger partial charge in [0.2, 0.25) is 0 Å². The first-order chi connectivity index (χ1) is 10.6. The average molecular weight is 362 g/mol. The molecule has 1 unspecified atom stereocenters. The third-order valence-corrected chi connectivity index (χ3v) is 3.47. The van der Waals surface area contributed by atoms with Crippen LogP contribution in [-0.4, -0.2) is 44.2 Å². The summed E-state index contributed by atoms with van der Waals surface area (Å²) in [6.07, 6.45) is 0.266. The molecule has 1 aromatic rings. The summed E-state index contributed by atoms with van der Waals surface area (Å²) in [7, 11) is 0. The molecule has 1 atom stereocenters. The number of halogens is 2. The Morgan fingerprint density at radius 3 is 2.87 bits per heavy atom. The van der Waals surface area contributed by atoms with E-state index in [1.54, 1.807) is 18.2 Å². The smallest absolute Gasteiger partial charge is 0.254 e. The van der Waals surface area contributed by atoms with Gasteiger partial charge in [0.05, 0.1) is 17.9 Å². The van der Waals surface area contributed by atoms with Crippen molar-refractivity contribution in [2.24, 2.45) is 0 Å². The van der Waals surface area contributed by atoms with E-state index in [9.17, 15) is 9.59 Å². The number of benzene rings is 1. The zero-order valence-corrected chi connectivity index (χ0v) is 14.4. The zero-order chi connectivity index (χ0) is 15.9. The molecule has 1 aliphatic rings. The first-order valence-electron chi connectivity index (χ1n) is 7.32. The number of hydrogen-bond acceptors (Lipinski definition) is 4. The van der Waals surface area contributed by atoms with E-state index in [1.807, 2.05) is 6.92 Å². The molecule has 0 spiro atoms. The van der Waals surface area contributed by atoms with Crippen LogP contribution >= 0.6 is 24.0 Å². The van der Waals surface area contributed by atoms with Crippen LogP contribution in [0.2, 0.25) is 5.02 Å². The average Bonchev–Trinajstić information content (AvgIpc) is 2.53. The minimum absolute atomic E-state index is 0. The highest BCUT2D eigenvalue weighted by Crippen LogP contribution is 2.21. The number of carbonyl (C=O) groups is 2. The second-order valence-electron chi connectivity index (χ2n) is 5.00. The highest BCUT2D eigenvalue weighted by Gasteiger charge is 2.23. The fraction of sp³-hybridized carbons (Fsp3) is 0.467. The molecule has 0 aromatic heterocycles. The Morgan fingerprint density at radius 2 is 2.22 bits per heavy atom.